The van der Waals surface area contributed by atoms with Crippen molar-refractivity contribution >= 4 is 0 Å². The summed E-state index contributed by atoms with van der Waals surface area (Å²) in [6.45, 7) is 0. The van der Waals surface area contributed by atoms with Gasteiger partial charge in [0.2, 0.25) is 0 Å². The van der Waals surface area contributed by atoms with Gasteiger partial charge in [-0.25, -0.2) is 4.68 Å². The predicted octanol–water partition coefficient (Wildman–Crippen LogP) is 2.92. The lowest BCUT2D eigenvalue weighted by Gasteiger charge is -2.04. The zero-order chi connectivity index (χ0) is 10.8. The number of hydrogen-bond donors (Lipinski definition) is 0. The molecule has 1 aliphatic carbocycles. The molecular weight excluding hydrogens is 198 g/mol. The molecule has 1 fully saturated rings. The van der Waals surface area contributed by atoms with Crippen molar-refractivity contribution in [3.63, 3.8) is 0 Å². The first-order chi connectivity index (χ1) is 7.93. The van der Waals surface area contributed by atoms with Crippen LogP contribution in [0.2, 0.25) is 0 Å². The summed E-state index contributed by atoms with van der Waals surface area (Å²) in [6.07, 6.45) is 10.9. The molecule has 1 saturated carbocycles. The molecule has 0 radical (unpaired) electrons. The first-order valence-corrected chi connectivity index (χ1v) is 5.89. The third-order valence-electron chi connectivity index (χ3n) is 3.31. The monoisotopic (exact) mass is 213 g/mol. The fourth-order valence-corrected chi connectivity index (χ4v) is 2.42. The summed E-state index contributed by atoms with van der Waals surface area (Å²) in [5.74, 6) is 0.683. The van der Waals surface area contributed by atoms with Crippen LogP contribution in [0.5, 0.6) is 0 Å². The van der Waals surface area contributed by atoms with Crippen molar-refractivity contribution < 1.29 is 0 Å². The van der Waals surface area contributed by atoms with Gasteiger partial charge >= 0.3 is 0 Å². The SMILES string of the molecule is c1cc(-n2ccc(C3CCCC3)n2)ccn1. The molecule has 2 heterocycles. The minimum atomic E-state index is 0.683. The van der Waals surface area contributed by atoms with Gasteiger partial charge in [0.1, 0.15) is 0 Å². The Hall–Kier alpha value is -1.64. The van der Waals surface area contributed by atoms with Crippen LogP contribution in [0, 0.1) is 0 Å². The van der Waals surface area contributed by atoms with Gasteiger partial charge in [0.25, 0.3) is 0 Å². The Balaban J connectivity index is 1.87. The molecule has 0 atom stereocenters. The van der Waals surface area contributed by atoms with Gasteiger partial charge in [-0.3, -0.25) is 4.98 Å². The lowest BCUT2D eigenvalue weighted by Crippen LogP contribution is -1.98. The fraction of sp³-hybridized carbons (Fsp3) is 0.385. The Morgan fingerprint density at radius 2 is 1.81 bits per heavy atom. The second kappa shape index (κ2) is 4.08. The van der Waals surface area contributed by atoms with Crippen LogP contribution < -0.4 is 0 Å². The number of aromatic nitrogens is 3. The maximum Gasteiger partial charge on any atom is 0.0676 e. The highest BCUT2D eigenvalue weighted by Gasteiger charge is 2.19. The zero-order valence-electron chi connectivity index (χ0n) is 9.21. The average Bonchev–Trinajstić information content (AvgIpc) is 3.01. The molecule has 0 spiro atoms. The first kappa shape index (κ1) is 9.58. The first-order valence-electron chi connectivity index (χ1n) is 5.89. The highest BCUT2D eigenvalue weighted by Crippen LogP contribution is 2.33. The summed E-state index contributed by atoms with van der Waals surface area (Å²) in [6, 6.07) is 6.10. The van der Waals surface area contributed by atoms with E-state index in [1.807, 2.05) is 23.0 Å². The van der Waals surface area contributed by atoms with Gasteiger partial charge < -0.3 is 0 Å². The number of hydrogen-bond acceptors (Lipinski definition) is 2. The molecule has 2 aromatic heterocycles. The van der Waals surface area contributed by atoms with Crippen LogP contribution in [-0.4, -0.2) is 14.8 Å². The highest BCUT2D eigenvalue weighted by molar-refractivity contribution is 5.28. The van der Waals surface area contributed by atoms with E-state index in [9.17, 15) is 0 Å². The molecule has 0 bridgehead atoms. The average molecular weight is 213 g/mol. The molecule has 3 nitrogen and oxygen atoms in total. The van der Waals surface area contributed by atoms with Gasteiger partial charge in [0.15, 0.2) is 0 Å². The smallest absolute Gasteiger partial charge is 0.0676 e. The summed E-state index contributed by atoms with van der Waals surface area (Å²) in [7, 11) is 0. The van der Waals surface area contributed by atoms with Crippen molar-refractivity contribution in [1.82, 2.24) is 14.8 Å². The van der Waals surface area contributed by atoms with E-state index in [2.05, 4.69) is 16.1 Å². The number of rotatable bonds is 2. The molecule has 3 rings (SSSR count). The largest absolute Gasteiger partial charge is 0.265 e. The molecule has 0 aromatic carbocycles. The van der Waals surface area contributed by atoms with Gasteiger partial charge in [-0.1, -0.05) is 12.8 Å². The van der Waals surface area contributed by atoms with Crippen LogP contribution in [0.1, 0.15) is 37.3 Å². The fourth-order valence-electron chi connectivity index (χ4n) is 2.42. The van der Waals surface area contributed by atoms with Crippen molar-refractivity contribution in [2.45, 2.75) is 31.6 Å². The summed E-state index contributed by atoms with van der Waals surface area (Å²) in [5.41, 5.74) is 2.33. The molecule has 3 heteroatoms. The molecule has 0 N–H and O–H groups in total. The van der Waals surface area contributed by atoms with Crippen molar-refractivity contribution in [3.05, 3.63) is 42.5 Å². The van der Waals surface area contributed by atoms with Crippen LogP contribution in [-0.2, 0) is 0 Å². The van der Waals surface area contributed by atoms with E-state index in [1.165, 1.54) is 31.4 Å². The van der Waals surface area contributed by atoms with Gasteiger partial charge in [-0.05, 0) is 31.0 Å². The quantitative estimate of drug-likeness (QED) is 0.768. The molecular formula is C13H15N3. The van der Waals surface area contributed by atoms with Gasteiger partial charge in [-0.15, -0.1) is 0 Å². The normalized spacial score (nSPS) is 16.8. The Morgan fingerprint density at radius 3 is 2.56 bits per heavy atom. The Bertz CT molecular complexity index is 455. The van der Waals surface area contributed by atoms with E-state index in [-0.39, 0.29) is 0 Å². The van der Waals surface area contributed by atoms with Gasteiger partial charge in [-0.2, -0.15) is 5.10 Å². The van der Waals surface area contributed by atoms with E-state index in [0.29, 0.717) is 5.92 Å². The van der Waals surface area contributed by atoms with E-state index in [4.69, 9.17) is 0 Å². The molecule has 2 aromatic rings. The lowest BCUT2D eigenvalue weighted by atomic mass is 10.1. The predicted molar refractivity (Wildman–Crippen MR) is 62.6 cm³/mol. The Morgan fingerprint density at radius 1 is 1.06 bits per heavy atom. The van der Waals surface area contributed by atoms with E-state index < -0.39 is 0 Å². The van der Waals surface area contributed by atoms with Crippen LogP contribution in [0.4, 0.5) is 0 Å². The van der Waals surface area contributed by atoms with E-state index >= 15 is 0 Å². The lowest BCUT2D eigenvalue weighted by molar-refractivity contribution is 0.678. The van der Waals surface area contributed by atoms with Crippen LogP contribution >= 0.6 is 0 Å². The number of pyridine rings is 1. The van der Waals surface area contributed by atoms with Crippen molar-refractivity contribution in [2.75, 3.05) is 0 Å². The van der Waals surface area contributed by atoms with Crippen molar-refractivity contribution in [2.24, 2.45) is 0 Å². The Labute approximate surface area is 95.1 Å². The minimum absolute atomic E-state index is 0.683. The summed E-state index contributed by atoms with van der Waals surface area (Å²) < 4.78 is 1.94. The molecule has 0 saturated heterocycles. The molecule has 82 valence electrons. The third-order valence-corrected chi connectivity index (χ3v) is 3.31. The summed E-state index contributed by atoms with van der Waals surface area (Å²) in [4.78, 5) is 4.01. The van der Waals surface area contributed by atoms with Gasteiger partial charge in [0, 0.05) is 24.5 Å². The molecule has 16 heavy (non-hydrogen) atoms. The van der Waals surface area contributed by atoms with Crippen LogP contribution in [0.25, 0.3) is 5.69 Å². The second-order valence-corrected chi connectivity index (χ2v) is 4.37. The molecule has 0 amide bonds. The second-order valence-electron chi connectivity index (χ2n) is 4.37. The number of nitrogens with zero attached hydrogens (tertiary/aromatic N) is 3. The maximum absolute atomic E-state index is 4.65. The third kappa shape index (κ3) is 1.73. The molecule has 0 unspecified atom stereocenters. The minimum Gasteiger partial charge on any atom is -0.265 e. The topological polar surface area (TPSA) is 30.7 Å². The maximum atomic E-state index is 4.65. The Kier molecular flexibility index (Phi) is 2.44. The standard InChI is InChI=1S/C13H15N3/c1-2-4-11(3-1)13-7-10-16(15-13)12-5-8-14-9-6-12/h5-11H,1-4H2. The van der Waals surface area contributed by atoms with Crippen molar-refractivity contribution in [1.29, 1.82) is 0 Å². The zero-order valence-corrected chi connectivity index (χ0v) is 9.21. The summed E-state index contributed by atoms with van der Waals surface area (Å²) in [5, 5.41) is 4.65. The van der Waals surface area contributed by atoms with Crippen molar-refractivity contribution in [3.8, 4) is 5.69 Å². The molecule has 0 aliphatic heterocycles. The molecule has 1 aliphatic rings. The van der Waals surface area contributed by atoms with Gasteiger partial charge in [0.05, 0.1) is 11.4 Å². The summed E-state index contributed by atoms with van der Waals surface area (Å²) >= 11 is 0. The van der Waals surface area contributed by atoms with Crippen LogP contribution in [0.15, 0.2) is 36.8 Å². The van der Waals surface area contributed by atoms with E-state index in [1.54, 1.807) is 12.4 Å². The van der Waals surface area contributed by atoms with E-state index in [0.717, 1.165) is 5.69 Å². The van der Waals surface area contributed by atoms with Crippen LogP contribution in [0.3, 0.4) is 0 Å². The highest BCUT2D eigenvalue weighted by atomic mass is 15.3.